The van der Waals surface area contributed by atoms with E-state index in [1.54, 1.807) is 18.9 Å². The summed E-state index contributed by atoms with van der Waals surface area (Å²) in [5, 5.41) is 2.14. The van der Waals surface area contributed by atoms with E-state index in [-0.39, 0.29) is 35.2 Å². The molecule has 2 aliphatic heterocycles. The molecule has 7 rings (SSSR count). The molecular weight excluding hydrogens is 1010 g/mol. The highest BCUT2D eigenvalue weighted by Crippen LogP contribution is 2.40. The number of carbonyl (C=O) groups is 5. The predicted octanol–water partition coefficient (Wildman–Crippen LogP) is 10.5. The Kier molecular flexibility index (Phi) is 25.9. The molecule has 2 fully saturated rings. The van der Waals surface area contributed by atoms with E-state index >= 15 is 0 Å². The molecule has 0 unspecified atom stereocenters. The maximum absolute atomic E-state index is 12.9. The lowest BCUT2D eigenvalue weighted by Gasteiger charge is -2.48. The number of piperidine rings is 2. The van der Waals surface area contributed by atoms with Gasteiger partial charge >= 0.3 is 17.9 Å². The number of benzene rings is 4. The van der Waals surface area contributed by atoms with E-state index in [0.29, 0.717) is 76.9 Å². The van der Waals surface area contributed by atoms with Gasteiger partial charge in [-0.1, -0.05) is 131 Å². The number of amides is 2. The van der Waals surface area contributed by atoms with E-state index < -0.39 is 17.1 Å². The van der Waals surface area contributed by atoms with Gasteiger partial charge in [-0.15, -0.1) is 11.3 Å². The van der Waals surface area contributed by atoms with Crippen LogP contribution in [0.5, 0.6) is 0 Å². The van der Waals surface area contributed by atoms with Crippen LogP contribution in [0.3, 0.4) is 0 Å². The molecular formula is C64H87N5O9S. The van der Waals surface area contributed by atoms with Crippen LogP contribution in [-0.4, -0.2) is 143 Å². The summed E-state index contributed by atoms with van der Waals surface area (Å²) in [7, 11) is 8.57. The minimum atomic E-state index is -1.04. The number of anilines is 2. The summed E-state index contributed by atoms with van der Waals surface area (Å²) in [4.78, 5) is 74.1. The Labute approximate surface area is 474 Å². The maximum atomic E-state index is 12.9. The van der Waals surface area contributed by atoms with E-state index in [1.165, 1.54) is 24.7 Å². The van der Waals surface area contributed by atoms with Gasteiger partial charge in [-0.25, -0.2) is 4.79 Å². The monoisotopic (exact) mass is 1100 g/mol. The molecule has 1 aromatic heterocycles. The van der Waals surface area contributed by atoms with Gasteiger partial charge in [0.25, 0.3) is 0 Å². The Hall–Kier alpha value is -6.23. The zero-order chi connectivity index (χ0) is 57.3. The van der Waals surface area contributed by atoms with Crippen molar-refractivity contribution in [3.8, 4) is 0 Å². The number of likely N-dealkylation sites (tertiary alicyclic amines) is 2. The molecule has 2 atom stereocenters. The van der Waals surface area contributed by atoms with Gasteiger partial charge < -0.3 is 38.5 Å². The average molecular weight is 1100 g/mol. The molecule has 0 spiro atoms. The SMILES string of the molecule is CCC(=O)N(c1ccccc1)C1(C(=O)OC)CCN(CCC(=O)OC)CC1.CCC(=O)N(c1ccccc1)C1(COC)CCN(CCc2cccs2)CC1.CCC(=O)O[C@](Cc1ccccc1)(c1ccccc1)[C@H](C)CN(C)C. The van der Waals surface area contributed by atoms with E-state index in [2.05, 4.69) is 82.2 Å². The molecule has 0 radical (unpaired) electrons. The van der Waals surface area contributed by atoms with Gasteiger partial charge in [0.1, 0.15) is 11.1 Å². The fourth-order valence-corrected chi connectivity index (χ4v) is 11.7. The molecule has 2 aliphatic rings. The number of carbonyl (C=O) groups excluding carboxylic acids is 5. The molecule has 5 aromatic rings. The van der Waals surface area contributed by atoms with Crippen molar-refractivity contribution in [1.82, 2.24) is 14.7 Å². The van der Waals surface area contributed by atoms with Crippen molar-refractivity contribution < 1.29 is 42.9 Å². The first-order chi connectivity index (χ1) is 38.1. The summed E-state index contributed by atoms with van der Waals surface area (Å²) in [5.74, 6) is -0.626. The molecule has 2 saturated heterocycles. The second-order valence-electron chi connectivity index (χ2n) is 20.8. The van der Waals surface area contributed by atoms with Crippen LogP contribution in [0.4, 0.5) is 11.4 Å². The minimum absolute atomic E-state index is 0.116. The van der Waals surface area contributed by atoms with Crippen molar-refractivity contribution >= 4 is 52.4 Å². The van der Waals surface area contributed by atoms with Crippen LogP contribution in [0, 0.1) is 5.92 Å². The lowest BCUT2D eigenvalue weighted by Crippen LogP contribution is -2.62. The number of esters is 3. The fourth-order valence-electron chi connectivity index (χ4n) is 11.0. The van der Waals surface area contributed by atoms with Gasteiger partial charge in [0.15, 0.2) is 0 Å². The normalized spacial score (nSPS) is 16.1. The van der Waals surface area contributed by atoms with Gasteiger partial charge in [-0.2, -0.15) is 0 Å². The van der Waals surface area contributed by atoms with Crippen molar-refractivity contribution in [3.63, 3.8) is 0 Å². The molecule has 428 valence electrons. The van der Waals surface area contributed by atoms with Gasteiger partial charge in [-0.3, -0.25) is 24.1 Å². The highest BCUT2D eigenvalue weighted by Gasteiger charge is 2.50. The summed E-state index contributed by atoms with van der Waals surface area (Å²) >= 11 is 1.83. The van der Waals surface area contributed by atoms with Crippen molar-refractivity contribution in [2.45, 2.75) is 109 Å². The number of rotatable bonds is 23. The number of para-hydroxylation sites is 2. The van der Waals surface area contributed by atoms with Crippen LogP contribution in [-0.2, 0) is 61.4 Å². The number of nitrogens with zero attached hydrogens (tertiary/aromatic N) is 5. The summed E-state index contributed by atoms with van der Waals surface area (Å²) in [6, 6.07) is 44.1. The summed E-state index contributed by atoms with van der Waals surface area (Å²) in [6.07, 6.45) is 6.00. The first kappa shape index (κ1) is 63.6. The number of hydrogen-bond donors (Lipinski definition) is 0. The number of methoxy groups -OCH3 is 3. The summed E-state index contributed by atoms with van der Waals surface area (Å²) in [5.41, 5.74) is 1.91. The van der Waals surface area contributed by atoms with E-state index in [9.17, 15) is 24.0 Å². The standard InChI is InChI=1S/C22H30N2O2S.C22H29NO2.C20H28N2O5/c1-3-21(25)24(19-8-5-4-6-9-19)22(18-26-2)12-15-23(16-13-22)14-11-20-10-7-17-27-20;1-5-21(24)25-22(18(2)17-23(3)4,20-14-10-7-11-15-20)16-19-12-8-6-9-13-19;1-4-17(23)22(16-8-6-5-7-9-16)20(19(25)27-3)11-14-21(15-12-20)13-10-18(24)26-2/h4-10,17H,3,11-16,18H2,1-2H3;6-15,18H,5,16-17H2,1-4H3;5-9H,4,10-15H2,1-3H3/t;18-,22+;/m.1./s1. The summed E-state index contributed by atoms with van der Waals surface area (Å²) < 4.78 is 21.6. The molecule has 0 saturated carbocycles. The third-order valence-electron chi connectivity index (χ3n) is 15.2. The molecule has 3 heterocycles. The first-order valence-electron chi connectivity index (χ1n) is 28.0. The number of ether oxygens (including phenoxy) is 4. The average Bonchev–Trinajstić information content (AvgIpc) is 4.05. The van der Waals surface area contributed by atoms with Crippen molar-refractivity contribution in [2.24, 2.45) is 5.92 Å². The lowest BCUT2D eigenvalue weighted by atomic mass is 9.77. The van der Waals surface area contributed by atoms with Crippen molar-refractivity contribution in [1.29, 1.82) is 0 Å². The van der Waals surface area contributed by atoms with Crippen molar-refractivity contribution in [3.05, 3.63) is 155 Å². The van der Waals surface area contributed by atoms with Crippen LogP contribution < -0.4 is 9.80 Å². The highest BCUT2D eigenvalue weighted by atomic mass is 32.1. The first-order valence-corrected chi connectivity index (χ1v) is 28.9. The molecule has 0 aliphatic carbocycles. The zero-order valence-electron chi connectivity index (χ0n) is 48.4. The van der Waals surface area contributed by atoms with Gasteiger partial charge in [0.05, 0.1) is 32.8 Å². The minimum Gasteiger partial charge on any atom is -0.469 e. The van der Waals surface area contributed by atoms with Crippen LogP contribution in [0.25, 0.3) is 0 Å². The topological polar surface area (TPSA) is 138 Å². The second kappa shape index (κ2) is 32.1. The van der Waals surface area contributed by atoms with Gasteiger partial charge in [-0.05, 0) is 93.0 Å². The van der Waals surface area contributed by atoms with Gasteiger partial charge in [0, 0.05) is 101 Å². The summed E-state index contributed by atoms with van der Waals surface area (Å²) in [6.45, 7) is 14.0. The largest absolute Gasteiger partial charge is 0.469 e. The zero-order valence-corrected chi connectivity index (χ0v) is 49.2. The molecule has 2 amide bonds. The second-order valence-corrected chi connectivity index (χ2v) is 21.8. The van der Waals surface area contributed by atoms with Crippen molar-refractivity contribution in [2.75, 3.05) is 97.6 Å². The van der Waals surface area contributed by atoms with Crippen LogP contribution in [0.1, 0.15) is 95.1 Å². The number of thiophene rings is 1. The highest BCUT2D eigenvalue weighted by molar-refractivity contribution is 7.09. The fraction of sp³-hybridized carbons (Fsp3) is 0.484. The Morgan fingerprint density at radius 3 is 1.63 bits per heavy atom. The molecule has 0 N–H and O–H groups in total. The molecule has 14 nitrogen and oxygen atoms in total. The Morgan fingerprint density at radius 1 is 0.620 bits per heavy atom. The molecule has 15 heteroatoms. The third kappa shape index (κ3) is 17.6. The smallest absolute Gasteiger partial charge is 0.332 e. The molecule has 0 bridgehead atoms. The Morgan fingerprint density at radius 2 is 1.14 bits per heavy atom. The van der Waals surface area contributed by atoms with E-state index in [1.807, 2.05) is 127 Å². The quantitative estimate of drug-likeness (QED) is 0.0455. The lowest BCUT2D eigenvalue weighted by molar-refractivity contribution is -0.168. The predicted molar refractivity (Wildman–Crippen MR) is 316 cm³/mol. The number of hydrogen-bond acceptors (Lipinski definition) is 13. The van der Waals surface area contributed by atoms with Crippen LogP contribution in [0.2, 0.25) is 0 Å². The Bertz CT molecular complexity index is 2570. The van der Waals surface area contributed by atoms with E-state index in [0.717, 1.165) is 56.7 Å². The molecule has 79 heavy (non-hydrogen) atoms. The van der Waals surface area contributed by atoms with Gasteiger partial charge in [0.2, 0.25) is 11.8 Å². The van der Waals surface area contributed by atoms with Crippen LogP contribution in [0.15, 0.2) is 139 Å². The molecule has 4 aromatic carbocycles. The third-order valence-corrected chi connectivity index (χ3v) is 16.1. The van der Waals surface area contributed by atoms with Crippen LogP contribution >= 0.6 is 11.3 Å². The Balaban J connectivity index is 0.000000218. The maximum Gasteiger partial charge on any atom is 0.332 e. The van der Waals surface area contributed by atoms with E-state index in [4.69, 9.17) is 14.2 Å².